The fraction of sp³-hybridized carbons (Fsp3) is 0.938. The van der Waals surface area contributed by atoms with Crippen molar-refractivity contribution in [2.45, 2.75) is 95.4 Å². The van der Waals surface area contributed by atoms with Crippen LogP contribution < -0.4 is 0 Å². The van der Waals surface area contributed by atoms with Crippen LogP contribution in [0, 0.1) is 0 Å². The van der Waals surface area contributed by atoms with E-state index in [1.807, 2.05) is 11.8 Å². The Hall–Kier alpha value is -0.115. The van der Waals surface area contributed by atoms with E-state index in [-0.39, 0.29) is 0 Å². The highest BCUT2D eigenvalue weighted by molar-refractivity contribution is 8.14. The molecule has 1 saturated carbocycles. The minimum Gasteiger partial charge on any atom is -0.345 e. The summed E-state index contributed by atoms with van der Waals surface area (Å²) in [5.74, 6) is 0.375. The van der Waals surface area contributed by atoms with Crippen LogP contribution >= 0.6 is 11.8 Å². The molecular formula is C16H29BN2S. The first kappa shape index (κ1) is 16.3. The molecule has 0 aromatic carbocycles. The van der Waals surface area contributed by atoms with Crippen molar-refractivity contribution < 1.29 is 0 Å². The molecule has 3 unspecified atom stereocenters. The zero-order valence-corrected chi connectivity index (χ0v) is 14.3. The van der Waals surface area contributed by atoms with Crippen molar-refractivity contribution in [1.82, 2.24) is 4.90 Å². The first-order chi connectivity index (χ1) is 9.49. The van der Waals surface area contributed by atoms with Gasteiger partial charge in [-0.2, -0.15) is 0 Å². The lowest BCUT2D eigenvalue weighted by atomic mass is 9.79. The maximum absolute atomic E-state index is 6.33. The molecule has 2 fully saturated rings. The highest BCUT2D eigenvalue weighted by atomic mass is 32.2. The zero-order valence-electron chi connectivity index (χ0n) is 13.5. The Labute approximate surface area is 130 Å². The molecule has 20 heavy (non-hydrogen) atoms. The topological polar surface area (TPSA) is 15.6 Å². The molecule has 1 aliphatic carbocycles. The van der Waals surface area contributed by atoms with Crippen LogP contribution in [-0.4, -0.2) is 41.3 Å². The van der Waals surface area contributed by atoms with Crippen LogP contribution in [0.2, 0.25) is 5.82 Å². The Bertz CT molecular complexity index is 343. The minimum atomic E-state index is 0.375. The van der Waals surface area contributed by atoms with E-state index in [9.17, 15) is 0 Å². The quantitative estimate of drug-likeness (QED) is 0.707. The van der Waals surface area contributed by atoms with Gasteiger partial charge in [0.15, 0.2) is 5.17 Å². The maximum atomic E-state index is 6.33. The number of thioether (sulfide) groups is 1. The molecule has 4 heteroatoms. The second kappa shape index (κ2) is 7.24. The van der Waals surface area contributed by atoms with Crippen molar-refractivity contribution in [3.8, 4) is 0 Å². The summed E-state index contributed by atoms with van der Waals surface area (Å²) >= 11 is 1.99. The summed E-state index contributed by atoms with van der Waals surface area (Å²) in [5.41, 5.74) is 0. The van der Waals surface area contributed by atoms with Crippen LogP contribution in [0.4, 0.5) is 0 Å². The smallest absolute Gasteiger partial charge is 0.160 e. The number of fused-ring (bicyclic) bond motifs is 1. The third kappa shape index (κ3) is 3.96. The van der Waals surface area contributed by atoms with Gasteiger partial charge in [-0.25, -0.2) is 0 Å². The van der Waals surface area contributed by atoms with E-state index in [4.69, 9.17) is 12.8 Å². The Kier molecular flexibility index (Phi) is 5.89. The minimum absolute atomic E-state index is 0.375. The van der Waals surface area contributed by atoms with Gasteiger partial charge < -0.3 is 4.90 Å². The zero-order chi connectivity index (χ0) is 14.7. The van der Waals surface area contributed by atoms with Crippen molar-refractivity contribution in [2.24, 2.45) is 4.99 Å². The van der Waals surface area contributed by atoms with Gasteiger partial charge in [-0.15, -0.1) is 0 Å². The second-order valence-corrected chi connectivity index (χ2v) is 8.07. The van der Waals surface area contributed by atoms with Crippen LogP contribution in [0.25, 0.3) is 0 Å². The Morgan fingerprint density at radius 3 is 2.50 bits per heavy atom. The Morgan fingerprint density at radius 1 is 1.15 bits per heavy atom. The number of rotatable bonds is 2. The second-order valence-electron chi connectivity index (χ2n) is 6.86. The standard InChI is InChI=1S/C16H29BN2S/c1-11(2)18-16-19(12(3)4)14-9-7-5-6-8-13(17)10-15(14)20-16/h11-15H,5-10H2,1-4H3. The van der Waals surface area contributed by atoms with Gasteiger partial charge in [-0.3, -0.25) is 4.99 Å². The lowest BCUT2D eigenvalue weighted by Crippen LogP contribution is -2.42. The summed E-state index contributed by atoms with van der Waals surface area (Å²) < 4.78 is 0. The third-order valence-corrected chi connectivity index (χ3v) is 5.64. The summed E-state index contributed by atoms with van der Waals surface area (Å²) in [6, 6.07) is 1.55. The summed E-state index contributed by atoms with van der Waals surface area (Å²) in [5, 5.41) is 1.90. The van der Waals surface area contributed by atoms with Gasteiger partial charge in [0, 0.05) is 23.4 Å². The van der Waals surface area contributed by atoms with Gasteiger partial charge >= 0.3 is 0 Å². The van der Waals surface area contributed by atoms with Gasteiger partial charge in [-0.1, -0.05) is 43.3 Å². The molecule has 0 spiro atoms. The summed E-state index contributed by atoms with van der Waals surface area (Å²) in [7, 11) is 6.33. The van der Waals surface area contributed by atoms with E-state index < -0.39 is 0 Å². The van der Waals surface area contributed by atoms with Crippen LogP contribution in [0.15, 0.2) is 4.99 Å². The van der Waals surface area contributed by atoms with Gasteiger partial charge in [0.2, 0.25) is 0 Å². The van der Waals surface area contributed by atoms with Gasteiger partial charge in [0.1, 0.15) is 0 Å². The summed E-state index contributed by atoms with van der Waals surface area (Å²) in [6.07, 6.45) is 7.63. The molecular weight excluding hydrogens is 263 g/mol. The Balaban J connectivity index is 2.21. The molecule has 3 atom stereocenters. The predicted molar refractivity (Wildman–Crippen MR) is 91.9 cm³/mol. The lowest BCUT2D eigenvalue weighted by molar-refractivity contribution is 0.250. The molecule has 2 aliphatic rings. The largest absolute Gasteiger partial charge is 0.345 e. The lowest BCUT2D eigenvalue weighted by Gasteiger charge is -2.32. The molecule has 1 heterocycles. The predicted octanol–water partition coefficient (Wildman–Crippen LogP) is 4.26. The van der Waals surface area contributed by atoms with E-state index in [0.717, 1.165) is 6.42 Å². The van der Waals surface area contributed by atoms with Crippen LogP contribution in [0.1, 0.15) is 66.2 Å². The fourth-order valence-corrected chi connectivity index (χ4v) is 5.18. The van der Waals surface area contributed by atoms with Crippen molar-refractivity contribution in [2.75, 3.05) is 0 Å². The summed E-state index contributed by atoms with van der Waals surface area (Å²) in [6.45, 7) is 8.93. The van der Waals surface area contributed by atoms with E-state index in [1.54, 1.807) is 0 Å². The number of amidine groups is 1. The number of aliphatic imine (C=N–C) groups is 1. The third-order valence-electron chi connectivity index (χ3n) is 4.30. The van der Waals surface area contributed by atoms with E-state index in [1.165, 1.54) is 37.3 Å². The molecule has 112 valence electrons. The number of hydrogen-bond acceptors (Lipinski definition) is 2. The molecule has 2 rings (SSSR count). The van der Waals surface area contributed by atoms with E-state index >= 15 is 0 Å². The number of nitrogens with zero attached hydrogens (tertiary/aromatic N) is 2. The molecule has 0 aromatic heterocycles. The molecule has 0 bridgehead atoms. The number of hydrogen-bond donors (Lipinski definition) is 0. The average Bonchev–Trinajstić information content (AvgIpc) is 2.67. The van der Waals surface area contributed by atoms with Crippen molar-refractivity contribution in [3.63, 3.8) is 0 Å². The normalized spacial score (nSPS) is 34.2. The highest BCUT2D eigenvalue weighted by Gasteiger charge is 2.40. The SMILES string of the molecule is [B]C1CCCCCC2C(C1)SC(=NC(C)C)N2C(C)C. The molecule has 1 saturated heterocycles. The maximum Gasteiger partial charge on any atom is 0.160 e. The fourth-order valence-electron chi connectivity index (χ4n) is 3.40. The molecule has 0 amide bonds. The van der Waals surface area contributed by atoms with E-state index in [0.29, 0.717) is 29.2 Å². The molecule has 2 radical (unpaired) electrons. The van der Waals surface area contributed by atoms with Gasteiger partial charge in [-0.05, 0) is 40.5 Å². The molecule has 0 aromatic rings. The van der Waals surface area contributed by atoms with Crippen LogP contribution in [-0.2, 0) is 0 Å². The molecule has 1 aliphatic heterocycles. The van der Waals surface area contributed by atoms with Crippen LogP contribution in [0.3, 0.4) is 0 Å². The molecule has 0 N–H and O–H groups in total. The van der Waals surface area contributed by atoms with E-state index in [2.05, 4.69) is 32.6 Å². The van der Waals surface area contributed by atoms with Crippen molar-refractivity contribution >= 4 is 24.8 Å². The van der Waals surface area contributed by atoms with Crippen LogP contribution in [0.5, 0.6) is 0 Å². The van der Waals surface area contributed by atoms with Crippen molar-refractivity contribution in [3.05, 3.63) is 0 Å². The van der Waals surface area contributed by atoms with Crippen molar-refractivity contribution in [1.29, 1.82) is 0 Å². The van der Waals surface area contributed by atoms with Gasteiger partial charge in [0.25, 0.3) is 0 Å². The first-order valence-corrected chi connectivity index (χ1v) is 9.15. The Morgan fingerprint density at radius 2 is 1.85 bits per heavy atom. The monoisotopic (exact) mass is 292 g/mol. The highest BCUT2D eigenvalue weighted by Crippen LogP contribution is 2.41. The average molecular weight is 292 g/mol. The molecule has 2 nitrogen and oxygen atoms in total. The first-order valence-electron chi connectivity index (χ1n) is 8.27. The summed E-state index contributed by atoms with van der Waals surface area (Å²) in [4.78, 5) is 7.45. The van der Waals surface area contributed by atoms with Gasteiger partial charge in [0.05, 0.1) is 7.85 Å².